The lowest BCUT2D eigenvalue weighted by molar-refractivity contribution is -0.247. The highest BCUT2D eigenvalue weighted by molar-refractivity contribution is 5.77. The van der Waals surface area contributed by atoms with Gasteiger partial charge in [-0.25, -0.2) is 0 Å². The lowest BCUT2D eigenvalue weighted by Gasteiger charge is -2.72. The van der Waals surface area contributed by atoms with Crippen molar-refractivity contribution in [2.75, 3.05) is 0 Å². The van der Waals surface area contributed by atoms with Crippen molar-refractivity contribution in [3.8, 4) is 0 Å². The summed E-state index contributed by atoms with van der Waals surface area (Å²) in [5, 5.41) is 45.1. The van der Waals surface area contributed by atoms with Crippen LogP contribution in [-0.4, -0.2) is 44.2 Å². The van der Waals surface area contributed by atoms with Crippen molar-refractivity contribution in [3.05, 3.63) is 11.6 Å². The van der Waals surface area contributed by atoms with E-state index < -0.39 is 35.1 Å². The molecule has 5 aliphatic carbocycles. The second-order valence-corrected chi connectivity index (χ2v) is 14.9. The van der Waals surface area contributed by atoms with Crippen molar-refractivity contribution in [3.63, 3.8) is 0 Å². The van der Waals surface area contributed by atoms with Crippen LogP contribution in [0.4, 0.5) is 0 Å². The van der Waals surface area contributed by atoms with Crippen LogP contribution in [0.25, 0.3) is 0 Å². The molecule has 0 amide bonds. The Morgan fingerprint density at radius 1 is 0.971 bits per heavy atom. The van der Waals surface area contributed by atoms with Gasteiger partial charge in [0.15, 0.2) is 0 Å². The molecule has 5 aliphatic rings. The largest absolute Gasteiger partial charge is 0.481 e. The van der Waals surface area contributed by atoms with E-state index in [1.807, 2.05) is 6.92 Å². The summed E-state index contributed by atoms with van der Waals surface area (Å²) in [7, 11) is 0. The molecule has 4 saturated carbocycles. The van der Waals surface area contributed by atoms with E-state index in [0.717, 1.165) is 37.7 Å². The zero-order valence-electron chi connectivity index (χ0n) is 22.9. The van der Waals surface area contributed by atoms with Gasteiger partial charge in [-0.3, -0.25) is 4.79 Å². The van der Waals surface area contributed by atoms with Crippen LogP contribution in [0.2, 0.25) is 0 Å². The minimum Gasteiger partial charge on any atom is -0.481 e. The van der Waals surface area contributed by atoms with Crippen molar-refractivity contribution in [1.29, 1.82) is 0 Å². The number of fused-ring (bicyclic) bond motifs is 7. The molecule has 198 valence electrons. The Kier molecular flexibility index (Phi) is 5.40. The van der Waals surface area contributed by atoms with Gasteiger partial charge >= 0.3 is 5.97 Å². The van der Waals surface area contributed by atoms with E-state index in [1.165, 1.54) is 0 Å². The van der Waals surface area contributed by atoms with Gasteiger partial charge in [-0.15, -0.1) is 0 Å². The summed E-state index contributed by atoms with van der Waals surface area (Å²) < 4.78 is 0. The van der Waals surface area contributed by atoms with Gasteiger partial charge in [-0.2, -0.15) is 0 Å². The molecule has 0 aromatic carbocycles. The number of aliphatic carboxylic acids is 1. The summed E-state index contributed by atoms with van der Waals surface area (Å²) >= 11 is 0. The number of aliphatic hydroxyl groups is 3. The monoisotopic (exact) mass is 488 g/mol. The van der Waals surface area contributed by atoms with Crippen molar-refractivity contribution in [2.45, 2.75) is 118 Å². The van der Waals surface area contributed by atoms with Crippen LogP contribution in [-0.2, 0) is 4.79 Å². The van der Waals surface area contributed by atoms with Crippen LogP contribution in [0.15, 0.2) is 11.6 Å². The van der Waals surface area contributed by atoms with Crippen LogP contribution in [0, 0.1) is 50.7 Å². The molecule has 0 saturated heterocycles. The first-order chi connectivity index (χ1) is 16.0. The van der Waals surface area contributed by atoms with E-state index in [2.05, 4.69) is 47.6 Å². The maximum Gasteiger partial charge on any atom is 0.310 e. The zero-order valence-corrected chi connectivity index (χ0v) is 22.9. The Hall–Kier alpha value is -0.910. The number of carbonyl (C=O) groups is 1. The van der Waals surface area contributed by atoms with E-state index in [0.29, 0.717) is 25.2 Å². The molecule has 5 nitrogen and oxygen atoms in total. The third-order valence-electron chi connectivity index (χ3n) is 13.3. The lowest BCUT2D eigenvalue weighted by atomic mass is 9.32. The smallest absolute Gasteiger partial charge is 0.310 e. The molecular weight excluding hydrogens is 440 g/mol. The molecule has 0 bridgehead atoms. The zero-order chi connectivity index (χ0) is 26.0. The van der Waals surface area contributed by atoms with Gasteiger partial charge < -0.3 is 20.4 Å². The topological polar surface area (TPSA) is 98.0 Å². The summed E-state index contributed by atoms with van der Waals surface area (Å²) in [6, 6.07) is 0. The number of rotatable bonds is 1. The Bertz CT molecular complexity index is 952. The van der Waals surface area contributed by atoms with Gasteiger partial charge in [0.2, 0.25) is 0 Å². The SMILES string of the molecule is CC1CC[C@]2(C(=O)O)CC[C@]3(C)C(=CC[C@H]4[C@@]5(C)CCC(O)C(C)(C)[C@H]5C(O)C[C@]43C)[C@H]2[C@]1(C)O. The Labute approximate surface area is 211 Å². The molecule has 5 rings (SSSR count). The van der Waals surface area contributed by atoms with Gasteiger partial charge in [0.1, 0.15) is 0 Å². The summed E-state index contributed by atoms with van der Waals surface area (Å²) in [5.41, 5.74) is -1.80. The molecule has 0 aromatic heterocycles. The van der Waals surface area contributed by atoms with Crippen LogP contribution < -0.4 is 0 Å². The van der Waals surface area contributed by atoms with Crippen molar-refractivity contribution in [1.82, 2.24) is 0 Å². The summed E-state index contributed by atoms with van der Waals surface area (Å²) in [4.78, 5) is 12.8. The minimum absolute atomic E-state index is 0.0230. The molecule has 35 heavy (non-hydrogen) atoms. The first-order valence-corrected chi connectivity index (χ1v) is 14.0. The predicted molar refractivity (Wildman–Crippen MR) is 135 cm³/mol. The first-order valence-electron chi connectivity index (χ1n) is 14.0. The quantitative estimate of drug-likeness (QED) is 0.382. The minimum atomic E-state index is -1.08. The van der Waals surface area contributed by atoms with E-state index >= 15 is 0 Å². The number of hydrogen-bond acceptors (Lipinski definition) is 4. The summed E-state index contributed by atoms with van der Waals surface area (Å²) in [6.45, 7) is 15.2. The van der Waals surface area contributed by atoms with Gasteiger partial charge in [0.25, 0.3) is 0 Å². The molecule has 11 atom stereocenters. The molecule has 5 heteroatoms. The highest BCUT2D eigenvalue weighted by Gasteiger charge is 2.72. The third-order valence-corrected chi connectivity index (χ3v) is 13.3. The Balaban J connectivity index is 1.67. The molecule has 4 fully saturated rings. The highest BCUT2D eigenvalue weighted by atomic mass is 16.4. The van der Waals surface area contributed by atoms with E-state index in [9.17, 15) is 25.2 Å². The molecular formula is C30H48O5. The van der Waals surface area contributed by atoms with E-state index in [4.69, 9.17) is 0 Å². The van der Waals surface area contributed by atoms with Crippen molar-refractivity contribution < 1.29 is 25.2 Å². The summed E-state index contributed by atoms with van der Waals surface area (Å²) in [6.07, 6.45) is 7.27. The molecule has 0 spiro atoms. The van der Waals surface area contributed by atoms with Crippen LogP contribution >= 0.6 is 0 Å². The lowest BCUT2D eigenvalue weighted by Crippen LogP contribution is -2.70. The van der Waals surface area contributed by atoms with E-state index in [1.54, 1.807) is 0 Å². The molecule has 3 unspecified atom stereocenters. The highest BCUT2D eigenvalue weighted by Crippen LogP contribution is 2.76. The fourth-order valence-corrected chi connectivity index (χ4v) is 11.0. The van der Waals surface area contributed by atoms with E-state index in [-0.39, 0.29) is 33.5 Å². The standard InChI is InChI=1S/C30H48O5/c1-17-10-13-30(24(33)34)15-14-27(5)18(22(30)29(17,7)35)8-9-20-26(4)12-11-21(32)25(2,3)23(26)19(31)16-28(20,27)6/h8,17,19-23,31-32,35H,9-16H2,1-7H3,(H,33,34)/t17?,19?,20-,21?,22-,23+,26+,27+,28+,29+,30-/m0/s1. The average molecular weight is 489 g/mol. The van der Waals surface area contributed by atoms with Crippen molar-refractivity contribution >= 4 is 5.97 Å². The van der Waals surface area contributed by atoms with Crippen LogP contribution in [0.5, 0.6) is 0 Å². The fourth-order valence-electron chi connectivity index (χ4n) is 11.0. The fraction of sp³-hybridized carbons (Fsp3) is 0.900. The number of aliphatic hydroxyl groups excluding tert-OH is 2. The first kappa shape index (κ1) is 25.7. The molecule has 0 heterocycles. The maximum absolute atomic E-state index is 12.8. The number of carboxylic acids is 1. The molecule has 4 N–H and O–H groups in total. The average Bonchev–Trinajstić information content (AvgIpc) is 2.74. The maximum atomic E-state index is 12.8. The normalized spacial score (nSPS) is 57.1. The van der Waals surface area contributed by atoms with Crippen LogP contribution in [0.1, 0.15) is 99.8 Å². The van der Waals surface area contributed by atoms with Crippen molar-refractivity contribution in [2.24, 2.45) is 50.7 Å². The molecule has 0 aromatic rings. The Morgan fingerprint density at radius 3 is 2.26 bits per heavy atom. The molecule has 0 aliphatic heterocycles. The van der Waals surface area contributed by atoms with Gasteiger partial charge in [-0.1, -0.05) is 53.2 Å². The second kappa shape index (κ2) is 7.35. The molecule has 0 radical (unpaired) electrons. The third kappa shape index (κ3) is 2.90. The Morgan fingerprint density at radius 2 is 1.63 bits per heavy atom. The number of hydrogen-bond donors (Lipinski definition) is 4. The van der Waals surface area contributed by atoms with Crippen LogP contribution in [0.3, 0.4) is 0 Å². The summed E-state index contributed by atoms with van der Waals surface area (Å²) in [5.74, 6) is -0.765. The van der Waals surface area contributed by atoms with Gasteiger partial charge in [-0.05, 0) is 97.7 Å². The predicted octanol–water partition coefficient (Wildman–Crippen LogP) is 5.18. The number of carboxylic acid groups (broad SMARTS) is 1. The number of allylic oxidation sites excluding steroid dienone is 1. The second-order valence-electron chi connectivity index (χ2n) is 14.9. The van der Waals surface area contributed by atoms with Gasteiger partial charge in [0, 0.05) is 5.92 Å². The van der Waals surface area contributed by atoms with Gasteiger partial charge in [0.05, 0.1) is 23.2 Å².